The highest BCUT2D eigenvalue weighted by Gasteiger charge is 2.13. The lowest BCUT2D eigenvalue weighted by Gasteiger charge is -2.11. The molecule has 8 nitrogen and oxygen atoms in total. The number of nitrogens with zero attached hydrogens (tertiary/aromatic N) is 1. The lowest BCUT2D eigenvalue weighted by Crippen LogP contribution is -2.17. The molecule has 178 valence electrons. The number of carbonyl (C=O) groups is 2. The molecule has 0 spiro atoms. The molecule has 0 atom stereocenters. The number of hydrogen-bond acceptors (Lipinski definition) is 5. The zero-order valence-electron chi connectivity index (χ0n) is 19.0. The predicted octanol–water partition coefficient (Wildman–Crippen LogP) is 6.24. The largest absolute Gasteiger partial charge is 0.356 e. The van der Waals surface area contributed by atoms with E-state index in [9.17, 15) is 19.7 Å². The first kappa shape index (κ1) is 23.9. The van der Waals surface area contributed by atoms with Gasteiger partial charge in [0, 0.05) is 35.3 Å². The summed E-state index contributed by atoms with van der Waals surface area (Å²) in [7, 11) is 0. The minimum Gasteiger partial charge on any atom is -0.356 e. The molecule has 36 heavy (non-hydrogen) atoms. The standard InChI is InChI=1S/C28H22N4O4/c33-27(19-12-20-10-17-24(18-11-20)32(35)36)31-26-9-5-4-8-25(26)28(34)30-23-15-13-22(14-16-23)29-21-6-2-1-3-7-21/h1-19,29H,(H,30,34)(H,31,33)/b19-12+. The van der Waals surface area contributed by atoms with Crippen molar-refractivity contribution in [1.29, 1.82) is 0 Å². The number of para-hydroxylation sites is 2. The first-order chi connectivity index (χ1) is 17.5. The van der Waals surface area contributed by atoms with Gasteiger partial charge in [-0.05, 0) is 72.3 Å². The lowest BCUT2D eigenvalue weighted by atomic mass is 10.1. The van der Waals surface area contributed by atoms with Crippen LogP contribution in [0, 0.1) is 10.1 Å². The van der Waals surface area contributed by atoms with Gasteiger partial charge in [-0.1, -0.05) is 30.3 Å². The fourth-order valence-electron chi connectivity index (χ4n) is 3.37. The van der Waals surface area contributed by atoms with E-state index in [-0.39, 0.29) is 11.6 Å². The van der Waals surface area contributed by atoms with Crippen LogP contribution in [0.1, 0.15) is 15.9 Å². The molecule has 0 aliphatic rings. The van der Waals surface area contributed by atoms with Crippen LogP contribution in [0.3, 0.4) is 0 Å². The molecule has 0 saturated carbocycles. The Morgan fingerprint density at radius 2 is 1.31 bits per heavy atom. The van der Waals surface area contributed by atoms with Crippen LogP contribution in [0.25, 0.3) is 6.08 Å². The van der Waals surface area contributed by atoms with Crippen LogP contribution in [0.5, 0.6) is 0 Å². The zero-order valence-corrected chi connectivity index (χ0v) is 19.0. The Bertz CT molecular complexity index is 1400. The van der Waals surface area contributed by atoms with Crippen molar-refractivity contribution in [3.63, 3.8) is 0 Å². The van der Waals surface area contributed by atoms with Crippen molar-refractivity contribution in [3.05, 3.63) is 130 Å². The van der Waals surface area contributed by atoms with E-state index < -0.39 is 10.8 Å². The summed E-state index contributed by atoms with van der Waals surface area (Å²) < 4.78 is 0. The number of nitro benzene ring substituents is 1. The molecule has 4 rings (SSSR count). The maximum atomic E-state index is 12.9. The Morgan fingerprint density at radius 3 is 2.00 bits per heavy atom. The van der Waals surface area contributed by atoms with E-state index in [0.717, 1.165) is 11.4 Å². The van der Waals surface area contributed by atoms with Crippen molar-refractivity contribution in [3.8, 4) is 0 Å². The Kier molecular flexibility index (Phi) is 7.47. The normalized spacial score (nSPS) is 10.6. The number of carbonyl (C=O) groups excluding carboxylic acids is 2. The van der Waals surface area contributed by atoms with Crippen LogP contribution >= 0.6 is 0 Å². The molecule has 0 bridgehead atoms. The van der Waals surface area contributed by atoms with Gasteiger partial charge < -0.3 is 16.0 Å². The van der Waals surface area contributed by atoms with E-state index in [2.05, 4.69) is 16.0 Å². The predicted molar refractivity (Wildman–Crippen MR) is 141 cm³/mol. The molecule has 0 unspecified atom stereocenters. The molecule has 0 fully saturated rings. The highest BCUT2D eigenvalue weighted by molar-refractivity contribution is 6.11. The van der Waals surface area contributed by atoms with Crippen LogP contribution in [-0.2, 0) is 4.79 Å². The van der Waals surface area contributed by atoms with Crippen LogP contribution in [-0.4, -0.2) is 16.7 Å². The van der Waals surface area contributed by atoms with Crippen molar-refractivity contribution in [2.75, 3.05) is 16.0 Å². The number of hydrogen-bond donors (Lipinski definition) is 3. The molecule has 0 heterocycles. The van der Waals surface area contributed by atoms with Gasteiger partial charge in [0.2, 0.25) is 5.91 Å². The Balaban J connectivity index is 1.39. The van der Waals surface area contributed by atoms with E-state index >= 15 is 0 Å². The number of nitrogens with one attached hydrogen (secondary N) is 3. The Hall–Kier alpha value is -5.24. The van der Waals surface area contributed by atoms with E-state index in [1.165, 1.54) is 24.3 Å². The molecule has 0 aliphatic heterocycles. The minimum absolute atomic E-state index is 0.0290. The smallest absolute Gasteiger partial charge is 0.269 e. The van der Waals surface area contributed by atoms with Crippen molar-refractivity contribution in [2.24, 2.45) is 0 Å². The molecule has 0 radical (unpaired) electrons. The number of benzene rings is 4. The first-order valence-electron chi connectivity index (χ1n) is 11.0. The van der Waals surface area contributed by atoms with Crippen LogP contribution in [0.4, 0.5) is 28.4 Å². The maximum absolute atomic E-state index is 12.9. The van der Waals surface area contributed by atoms with Crippen molar-refractivity contribution in [1.82, 2.24) is 0 Å². The second-order valence-electron chi connectivity index (χ2n) is 7.74. The van der Waals surface area contributed by atoms with Gasteiger partial charge >= 0.3 is 0 Å². The molecule has 4 aromatic carbocycles. The molecule has 8 heteroatoms. The van der Waals surface area contributed by atoms with Gasteiger partial charge in [0.05, 0.1) is 16.2 Å². The maximum Gasteiger partial charge on any atom is 0.269 e. The van der Waals surface area contributed by atoms with Crippen molar-refractivity contribution < 1.29 is 14.5 Å². The number of amides is 2. The molecule has 0 saturated heterocycles. The van der Waals surface area contributed by atoms with Crippen molar-refractivity contribution in [2.45, 2.75) is 0 Å². The molecule has 0 aromatic heterocycles. The van der Waals surface area contributed by atoms with E-state index in [1.807, 2.05) is 42.5 Å². The monoisotopic (exact) mass is 478 g/mol. The highest BCUT2D eigenvalue weighted by atomic mass is 16.6. The quantitative estimate of drug-likeness (QED) is 0.158. The van der Waals surface area contributed by atoms with E-state index in [4.69, 9.17) is 0 Å². The molecule has 2 amide bonds. The van der Waals surface area contributed by atoms with E-state index in [0.29, 0.717) is 22.5 Å². The summed E-state index contributed by atoms with van der Waals surface area (Å²) in [5.74, 6) is -0.807. The van der Waals surface area contributed by atoms with Gasteiger partial charge in [0.1, 0.15) is 0 Å². The third-order valence-electron chi connectivity index (χ3n) is 5.17. The third kappa shape index (κ3) is 6.42. The van der Waals surface area contributed by atoms with Gasteiger partial charge in [0.15, 0.2) is 0 Å². The summed E-state index contributed by atoms with van der Waals surface area (Å²) in [4.78, 5) is 35.6. The van der Waals surface area contributed by atoms with Gasteiger partial charge in [-0.15, -0.1) is 0 Å². The zero-order chi connectivity index (χ0) is 25.3. The number of anilines is 4. The summed E-state index contributed by atoms with van der Waals surface area (Å²) in [6.45, 7) is 0. The van der Waals surface area contributed by atoms with Crippen LogP contribution < -0.4 is 16.0 Å². The molecule has 4 aromatic rings. The highest BCUT2D eigenvalue weighted by Crippen LogP contribution is 2.21. The fourth-order valence-corrected chi connectivity index (χ4v) is 3.37. The SMILES string of the molecule is O=C(/C=C/c1ccc([N+](=O)[O-])cc1)Nc1ccccc1C(=O)Nc1ccc(Nc2ccccc2)cc1. The summed E-state index contributed by atoms with van der Waals surface area (Å²) in [6, 6.07) is 29.6. The van der Waals surface area contributed by atoms with Crippen LogP contribution in [0.2, 0.25) is 0 Å². The second kappa shape index (κ2) is 11.3. The number of rotatable bonds is 8. The molecule has 3 N–H and O–H groups in total. The number of nitro groups is 1. The lowest BCUT2D eigenvalue weighted by molar-refractivity contribution is -0.384. The van der Waals surface area contributed by atoms with Gasteiger partial charge in [-0.2, -0.15) is 0 Å². The third-order valence-corrected chi connectivity index (χ3v) is 5.17. The van der Waals surface area contributed by atoms with Gasteiger partial charge in [-0.3, -0.25) is 19.7 Å². The average molecular weight is 479 g/mol. The van der Waals surface area contributed by atoms with Crippen molar-refractivity contribution >= 4 is 46.3 Å². The minimum atomic E-state index is -0.488. The van der Waals surface area contributed by atoms with Crippen LogP contribution in [0.15, 0.2) is 109 Å². The van der Waals surface area contributed by atoms with Gasteiger partial charge in [-0.25, -0.2) is 0 Å². The topological polar surface area (TPSA) is 113 Å². The molecule has 0 aliphatic carbocycles. The molecular weight excluding hydrogens is 456 g/mol. The number of non-ortho nitro benzene ring substituents is 1. The first-order valence-corrected chi connectivity index (χ1v) is 11.0. The van der Waals surface area contributed by atoms with Gasteiger partial charge in [0.25, 0.3) is 11.6 Å². The Labute approximate surface area is 207 Å². The Morgan fingerprint density at radius 1 is 0.694 bits per heavy atom. The molecular formula is C28H22N4O4. The van der Waals surface area contributed by atoms with E-state index in [1.54, 1.807) is 48.5 Å². The summed E-state index contributed by atoms with van der Waals surface area (Å²) in [5, 5.41) is 19.6. The fraction of sp³-hybridized carbons (Fsp3) is 0. The average Bonchev–Trinajstić information content (AvgIpc) is 2.90. The summed E-state index contributed by atoms with van der Waals surface area (Å²) >= 11 is 0. The second-order valence-corrected chi connectivity index (χ2v) is 7.74. The summed E-state index contributed by atoms with van der Waals surface area (Å²) in [6.07, 6.45) is 2.83. The summed E-state index contributed by atoms with van der Waals surface area (Å²) in [5.41, 5.74) is 3.72.